The van der Waals surface area contributed by atoms with Crippen molar-refractivity contribution in [1.82, 2.24) is 20.4 Å². The summed E-state index contributed by atoms with van der Waals surface area (Å²) in [7, 11) is 1.84. The molecule has 1 fully saturated rings. The van der Waals surface area contributed by atoms with Crippen LogP contribution >= 0.6 is 0 Å². The molecular formula is C35H46N4O3. The Bertz CT molecular complexity index is 1330. The largest absolute Gasteiger partial charge is 0.350 e. The highest BCUT2D eigenvalue weighted by molar-refractivity contribution is 5.98. The van der Waals surface area contributed by atoms with Crippen LogP contribution in [0.25, 0.3) is 10.8 Å². The lowest BCUT2D eigenvalue weighted by Gasteiger charge is -2.29. The first-order chi connectivity index (χ1) is 20.4. The van der Waals surface area contributed by atoms with E-state index in [4.69, 9.17) is 0 Å². The van der Waals surface area contributed by atoms with Crippen molar-refractivity contribution in [3.63, 3.8) is 0 Å². The van der Waals surface area contributed by atoms with Crippen molar-refractivity contribution in [1.29, 1.82) is 0 Å². The van der Waals surface area contributed by atoms with Crippen LogP contribution < -0.4 is 10.6 Å². The molecule has 1 heterocycles. The van der Waals surface area contributed by atoms with Gasteiger partial charge in [0.2, 0.25) is 11.8 Å². The predicted octanol–water partition coefficient (Wildman–Crippen LogP) is 5.36. The molecule has 0 bridgehead atoms. The third-order valence-electron chi connectivity index (χ3n) is 8.44. The van der Waals surface area contributed by atoms with Crippen LogP contribution in [0.5, 0.6) is 0 Å². The lowest BCUT2D eigenvalue weighted by Crippen LogP contribution is -2.49. The quantitative estimate of drug-likeness (QED) is 0.290. The number of carbonyl (C=O) groups is 3. The van der Waals surface area contributed by atoms with Gasteiger partial charge in [-0.2, -0.15) is 0 Å². The Hall–Kier alpha value is -3.71. The van der Waals surface area contributed by atoms with Crippen LogP contribution in [0.15, 0.2) is 72.8 Å². The van der Waals surface area contributed by atoms with Gasteiger partial charge in [0.05, 0.1) is 6.04 Å². The Morgan fingerprint density at radius 2 is 1.76 bits per heavy atom. The topological polar surface area (TPSA) is 81.8 Å². The Labute approximate surface area is 250 Å². The third-order valence-corrected chi connectivity index (χ3v) is 8.44. The molecule has 3 aromatic carbocycles. The van der Waals surface area contributed by atoms with Crippen molar-refractivity contribution in [2.45, 2.75) is 70.4 Å². The molecule has 0 aromatic heterocycles. The van der Waals surface area contributed by atoms with E-state index in [-0.39, 0.29) is 29.7 Å². The minimum Gasteiger partial charge on any atom is -0.350 e. The van der Waals surface area contributed by atoms with Gasteiger partial charge >= 0.3 is 0 Å². The number of benzene rings is 3. The Kier molecular flexibility index (Phi) is 11.5. The summed E-state index contributed by atoms with van der Waals surface area (Å²) in [4.78, 5) is 43.5. The van der Waals surface area contributed by atoms with Crippen LogP contribution in [0.1, 0.15) is 74.2 Å². The second kappa shape index (κ2) is 15.5. The number of carbonyl (C=O) groups excluding carboxylic acids is 3. The highest BCUT2D eigenvalue weighted by Crippen LogP contribution is 2.23. The number of fused-ring (bicyclic) bond motifs is 1. The number of nitrogens with zero attached hydrogens (tertiary/aromatic N) is 2. The van der Waals surface area contributed by atoms with Crippen molar-refractivity contribution in [3.05, 3.63) is 83.9 Å². The number of unbranched alkanes of at least 4 members (excludes halogenated alkanes) is 1. The molecule has 42 heavy (non-hydrogen) atoms. The molecule has 0 aliphatic carbocycles. The third kappa shape index (κ3) is 8.41. The van der Waals surface area contributed by atoms with E-state index in [0.717, 1.165) is 43.0 Å². The Morgan fingerprint density at radius 1 is 1.02 bits per heavy atom. The maximum atomic E-state index is 13.9. The molecule has 3 amide bonds. The Morgan fingerprint density at radius 3 is 2.50 bits per heavy atom. The molecule has 3 aromatic rings. The van der Waals surface area contributed by atoms with Crippen LogP contribution in [0.2, 0.25) is 0 Å². The van der Waals surface area contributed by atoms with E-state index in [1.807, 2.05) is 72.6 Å². The highest BCUT2D eigenvalue weighted by Gasteiger charge is 2.32. The van der Waals surface area contributed by atoms with Gasteiger partial charge in [0, 0.05) is 57.2 Å². The fourth-order valence-electron chi connectivity index (χ4n) is 5.72. The zero-order valence-corrected chi connectivity index (χ0v) is 25.4. The summed E-state index contributed by atoms with van der Waals surface area (Å²) in [6.07, 6.45) is 4.38. The molecule has 2 N–H and O–H groups in total. The summed E-state index contributed by atoms with van der Waals surface area (Å²) in [6, 6.07) is 23.5. The first kappa shape index (κ1) is 31.2. The van der Waals surface area contributed by atoms with Crippen molar-refractivity contribution >= 4 is 28.5 Å². The first-order valence-corrected chi connectivity index (χ1v) is 15.5. The second-order valence-electron chi connectivity index (χ2n) is 11.5. The standard InChI is InChI=1S/C35H46N4O3/c1-4-6-21-38(3)33(40)19-18-32-35(42)39(25-26(5-2)27-12-8-7-9-13-27)22-20-31(37-32)24-36-34(41)30-17-16-28-14-10-11-15-29(28)23-30/h7-17,23,26,31-32,37H,4-6,18-22,24-25H2,1-3H3,(H,36,41)/t26?,31-,32-/m0/s1. The summed E-state index contributed by atoms with van der Waals surface area (Å²) in [5.74, 6) is 0.207. The van der Waals surface area contributed by atoms with Gasteiger partial charge in [-0.15, -0.1) is 0 Å². The van der Waals surface area contributed by atoms with E-state index < -0.39 is 6.04 Å². The van der Waals surface area contributed by atoms with Crippen LogP contribution in [0.4, 0.5) is 0 Å². The van der Waals surface area contributed by atoms with Gasteiger partial charge in [0.15, 0.2) is 0 Å². The van der Waals surface area contributed by atoms with E-state index in [1.54, 1.807) is 4.90 Å². The van der Waals surface area contributed by atoms with E-state index in [0.29, 0.717) is 38.0 Å². The molecule has 0 radical (unpaired) electrons. The minimum absolute atomic E-state index is 0.0387. The molecule has 7 nitrogen and oxygen atoms in total. The van der Waals surface area contributed by atoms with Gasteiger partial charge in [-0.25, -0.2) is 0 Å². The summed E-state index contributed by atoms with van der Waals surface area (Å²) in [5.41, 5.74) is 1.85. The summed E-state index contributed by atoms with van der Waals surface area (Å²) in [6.45, 7) is 6.64. The zero-order valence-electron chi connectivity index (χ0n) is 25.4. The molecule has 4 rings (SSSR count). The molecule has 0 spiro atoms. The molecular weight excluding hydrogens is 524 g/mol. The minimum atomic E-state index is -0.480. The van der Waals surface area contributed by atoms with Gasteiger partial charge in [-0.05, 0) is 54.2 Å². The van der Waals surface area contributed by atoms with Crippen LogP contribution in [0, 0.1) is 0 Å². The number of nitrogens with one attached hydrogen (secondary N) is 2. The average molecular weight is 571 g/mol. The van der Waals surface area contributed by atoms with Gasteiger partial charge in [-0.1, -0.05) is 80.9 Å². The normalized spacial score (nSPS) is 18.0. The SMILES string of the molecule is CCCCN(C)C(=O)CC[C@@H]1N[C@H](CNC(=O)c2ccc3ccccc3c2)CCN(CC(CC)c2ccccc2)C1=O. The van der Waals surface area contributed by atoms with E-state index >= 15 is 0 Å². The number of rotatable bonds is 13. The maximum absolute atomic E-state index is 13.9. The molecule has 1 aliphatic rings. The number of hydrogen-bond donors (Lipinski definition) is 2. The van der Waals surface area contributed by atoms with Crippen molar-refractivity contribution in [3.8, 4) is 0 Å². The van der Waals surface area contributed by atoms with Crippen LogP contribution in [-0.2, 0) is 9.59 Å². The lowest BCUT2D eigenvalue weighted by molar-refractivity contribution is -0.134. The van der Waals surface area contributed by atoms with E-state index in [9.17, 15) is 14.4 Å². The van der Waals surface area contributed by atoms with Gasteiger partial charge in [0.25, 0.3) is 5.91 Å². The summed E-state index contributed by atoms with van der Waals surface area (Å²) >= 11 is 0. The lowest BCUT2D eigenvalue weighted by atomic mass is 9.95. The number of amides is 3. The van der Waals surface area contributed by atoms with Crippen molar-refractivity contribution < 1.29 is 14.4 Å². The highest BCUT2D eigenvalue weighted by atomic mass is 16.2. The monoisotopic (exact) mass is 570 g/mol. The predicted molar refractivity (Wildman–Crippen MR) is 169 cm³/mol. The molecule has 1 aliphatic heterocycles. The van der Waals surface area contributed by atoms with Gasteiger partial charge in [-0.3, -0.25) is 14.4 Å². The summed E-state index contributed by atoms with van der Waals surface area (Å²) < 4.78 is 0. The van der Waals surface area contributed by atoms with Crippen molar-refractivity contribution in [2.75, 3.05) is 33.2 Å². The molecule has 1 saturated heterocycles. The molecule has 224 valence electrons. The molecule has 1 unspecified atom stereocenters. The molecule has 7 heteroatoms. The average Bonchev–Trinajstić information content (AvgIpc) is 3.17. The first-order valence-electron chi connectivity index (χ1n) is 15.5. The smallest absolute Gasteiger partial charge is 0.251 e. The molecule has 3 atom stereocenters. The number of hydrogen-bond acceptors (Lipinski definition) is 4. The summed E-state index contributed by atoms with van der Waals surface area (Å²) in [5, 5.41) is 8.73. The maximum Gasteiger partial charge on any atom is 0.251 e. The fraction of sp³-hybridized carbons (Fsp3) is 0.457. The second-order valence-corrected chi connectivity index (χ2v) is 11.5. The van der Waals surface area contributed by atoms with Gasteiger partial charge < -0.3 is 20.4 Å². The molecule has 0 saturated carbocycles. The van der Waals surface area contributed by atoms with Crippen LogP contribution in [0.3, 0.4) is 0 Å². The van der Waals surface area contributed by atoms with Gasteiger partial charge in [0.1, 0.15) is 0 Å². The van der Waals surface area contributed by atoms with E-state index in [2.05, 4.69) is 36.6 Å². The van der Waals surface area contributed by atoms with E-state index in [1.165, 1.54) is 5.56 Å². The van der Waals surface area contributed by atoms with Crippen LogP contribution in [-0.4, -0.2) is 72.8 Å². The zero-order chi connectivity index (χ0) is 29.9. The fourth-order valence-corrected chi connectivity index (χ4v) is 5.72. The van der Waals surface area contributed by atoms with Crippen molar-refractivity contribution in [2.24, 2.45) is 0 Å². The Balaban J connectivity index is 1.44.